The Hall–Kier alpha value is -2.65. The molecule has 0 radical (unpaired) electrons. The lowest BCUT2D eigenvalue weighted by molar-refractivity contribution is -0.213. The monoisotopic (exact) mass is 395 g/mol. The molecule has 4 atom stereocenters. The number of carbonyl (C=O) groups excluding carboxylic acids is 1. The van der Waals surface area contributed by atoms with Gasteiger partial charge in [-0.3, -0.25) is 4.79 Å². The second kappa shape index (κ2) is 7.00. The van der Waals surface area contributed by atoms with Gasteiger partial charge in [0.05, 0.1) is 12.1 Å². The van der Waals surface area contributed by atoms with Gasteiger partial charge in [0.25, 0.3) is 5.91 Å². The molecule has 0 bridgehead atoms. The molecule has 0 aliphatic carbocycles. The number of carbonyl (C=O) groups is 1. The summed E-state index contributed by atoms with van der Waals surface area (Å²) >= 11 is 0. The molecule has 0 N–H and O–H groups in total. The molecule has 29 heavy (non-hydrogen) atoms. The molecule has 150 valence electrons. The van der Waals surface area contributed by atoms with Crippen molar-refractivity contribution < 1.29 is 23.7 Å². The molecule has 2 fully saturated rings. The van der Waals surface area contributed by atoms with Gasteiger partial charge in [-0.2, -0.15) is 4.68 Å². The Balaban J connectivity index is 1.43. The summed E-state index contributed by atoms with van der Waals surface area (Å²) in [6.07, 6.45) is -2.76. The number of ether oxygens (including phenoxy) is 4. The number of fused-ring (bicyclic) bond motifs is 2. The van der Waals surface area contributed by atoms with Gasteiger partial charge in [-0.25, -0.2) is 0 Å². The molecule has 8 heteroatoms. The maximum absolute atomic E-state index is 13.3. The van der Waals surface area contributed by atoms with Crippen molar-refractivity contribution in [2.24, 2.45) is 0 Å². The molecule has 8 nitrogen and oxygen atoms in total. The van der Waals surface area contributed by atoms with Gasteiger partial charge < -0.3 is 18.9 Å². The summed E-state index contributed by atoms with van der Waals surface area (Å²) in [4.78, 5) is 13.3. The van der Waals surface area contributed by atoms with Gasteiger partial charge in [0.15, 0.2) is 18.2 Å². The van der Waals surface area contributed by atoms with Crippen LogP contribution in [0.1, 0.15) is 24.2 Å². The van der Waals surface area contributed by atoms with Crippen molar-refractivity contribution in [2.45, 2.75) is 50.8 Å². The Bertz CT molecular complexity index is 1030. The summed E-state index contributed by atoms with van der Waals surface area (Å²) in [5.74, 6) is -1.17. The number of benzene rings is 2. The van der Waals surface area contributed by atoms with E-state index >= 15 is 0 Å². The lowest BCUT2D eigenvalue weighted by atomic mass is 10.1. The lowest BCUT2D eigenvalue weighted by Gasteiger charge is -2.25. The van der Waals surface area contributed by atoms with Crippen LogP contribution in [0, 0.1) is 0 Å². The zero-order chi connectivity index (χ0) is 20.0. The van der Waals surface area contributed by atoms with E-state index < -0.39 is 30.4 Å². The smallest absolute Gasteiger partial charge is 0.280 e. The van der Waals surface area contributed by atoms with Crippen LogP contribution in [0.2, 0.25) is 0 Å². The minimum atomic E-state index is -0.921. The summed E-state index contributed by atoms with van der Waals surface area (Å²) in [6, 6.07) is 17.0. The first-order valence-corrected chi connectivity index (χ1v) is 9.53. The van der Waals surface area contributed by atoms with Crippen molar-refractivity contribution in [3.8, 4) is 0 Å². The molecule has 3 heterocycles. The fourth-order valence-electron chi connectivity index (χ4n) is 3.78. The number of aromatic nitrogens is 3. The molecular formula is C21H21N3O5. The molecule has 2 aliphatic heterocycles. The Labute approximate surface area is 167 Å². The number of nitrogens with zero attached hydrogens (tertiary/aromatic N) is 3. The van der Waals surface area contributed by atoms with Crippen LogP contribution < -0.4 is 0 Å². The highest BCUT2D eigenvalue weighted by Crippen LogP contribution is 2.39. The van der Waals surface area contributed by atoms with Crippen molar-refractivity contribution >= 4 is 16.9 Å². The second-order valence-corrected chi connectivity index (χ2v) is 7.61. The van der Waals surface area contributed by atoms with Crippen molar-refractivity contribution in [3.05, 3.63) is 60.2 Å². The molecule has 1 aromatic heterocycles. The van der Waals surface area contributed by atoms with Crippen LogP contribution in [0.5, 0.6) is 0 Å². The third kappa shape index (κ3) is 3.34. The Morgan fingerprint density at radius 1 is 1.10 bits per heavy atom. The van der Waals surface area contributed by atoms with Crippen LogP contribution >= 0.6 is 0 Å². The van der Waals surface area contributed by atoms with Gasteiger partial charge in [0, 0.05) is 0 Å². The highest BCUT2D eigenvalue weighted by Gasteiger charge is 2.58. The van der Waals surface area contributed by atoms with E-state index in [2.05, 4.69) is 10.3 Å². The van der Waals surface area contributed by atoms with Gasteiger partial charge in [-0.15, -0.1) is 5.10 Å². The maximum atomic E-state index is 13.3. The average molecular weight is 395 g/mol. The summed E-state index contributed by atoms with van der Waals surface area (Å²) in [6.45, 7) is 3.94. The van der Waals surface area contributed by atoms with Crippen molar-refractivity contribution in [3.63, 3.8) is 0 Å². The molecule has 2 aliphatic rings. The Kier molecular flexibility index (Phi) is 4.44. The highest BCUT2D eigenvalue weighted by atomic mass is 16.8. The summed E-state index contributed by atoms with van der Waals surface area (Å²) < 4.78 is 25.1. The van der Waals surface area contributed by atoms with Crippen LogP contribution in [0.4, 0.5) is 0 Å². The van der Waals surface area contributed by atoms with E-state index in [-0.39, 0.29) is 5.91 Å². The molecular weight excluding hydrogens is 374 g/mol. The quantitative estimate of drug-likeness (QED) is 0.671. The summed E-state index contributed by atoms with van der Waals surface area (Å²) in [5, 5.41) is 8.07. The first-order valence-electron chi connectivity index (χ1n) is 9.53. The van der Waals surface area contributed by atoms with Crippen LogP contribution in [0.3, 0.4) is 0 Å². The normalized spacial score (nSPS) is 27.9. The number of rotatable bonds is 4. The van der Waals surface area contributed by atoms with Gasteiger partial charge in [0.1, 0.15) is 17.7 Å². The second-order valence-electron chi connectivity index (χ2n) is 7.61. The molecule has 3 aromatic rings. The number of para-hydroxylation sites is 1. The van der Waals surface area contributed by atoms with Gasteiger partial charge >= 0.3 is 0 Å². The highest BCUT2D eigenvalue weighted by molar-refractivity contribution is 5.92. The molecule has 0 spiro atoms. The van der Waals surface area contributed by atoms with Crippen molar-refractivity contribution in [2.75, 3.05) is 0 Å². The predicted molar refractivity (Wildman–Crippen MR) is 102 cm³/mol. The SMILES string of the molecule is CC1(C)O[C@H]2O[C@H](C(=O)n3nnc4ccccc43)[C@H](OCc3ccccc3)[C@H]2O1. The van der Waals surface area contributed by atoms with E-state index in [0.29, 0.717) is 17.6 Å². The number of hydrogen-bond donors (Lipinski definition) is 0. The van der Waals surface area contributed by atoms with Crippen LogP contribution in [0.25, 0.3) is 11.0 Å². The van der Waals surface area contributed by atoms with Crippen LogP contribution in [-0.2, 0) is 25.6 Å². The third-order valence-corrected chi connectivity index (χ3v) is 5.08. The van der Waals surface area contributed by atoms with Crippen molar-refractivity contribution in [1.29, 1.82) is 0 Å². The zero-order valence-corrected chi connectivity index (χ0v) is 16.1. The summed E-state index contributed by atoms with van der Waals surface area (Å²) in [7, 11) is 0. The van der Waals surface area contributed by atoms with Gasteiger partial charge in [0.2, 0.25) is 0 Å². The maximum Gasteiger partial charge on any atom is 0.280 e. The molecule has 5 rings (SSSR count). The number of hydrogen-bond acceptors (Lipinski definition) is 7. The standard InChI is InChI=1S/C21H21N3O5/c1-21(2)28-18-16(26-12-13-8-4-3-5-9-13)17(27-20(18)29-21)19(25)24-15-11-7-6-10-14(15)22-23-24/h3-11,16-18,20H,12H2,1-2H3/t16-,17-,18+,20+/m0/s1. The first-order chi connectivity index (χ1) is 14.0. The molecule has 2 saturated heterocycles. The first kappa shape index (κ1) is 18.4. The Morgan fingerprint density at radius 3 is 2.69 bits per heavy atom. The fourth-order valence-corrected chi connectivity index (χ4v) is 3.78. The van der Waals surface area contributed by atoms with E-state index in [4.69, 9.17) is 18.9 Å². The minimum Gasteiger partial charge on any atom is -0.367 e. The topological polar surface area (TPSA) is 84.7 Å². The average Bonchev–Trinajstić information content (AvgIpc) is 3.36. The Morgan fingerprint density at radius 2 is 1.86 bits per heavy atom. The fraction of sp³-hybridized carbons (Fsp3) is 0.381. The van der Waals surface area contributed by atoms with Crippen LogP contribution in [-0.4, -0.2) is 51.3 Å². The van der Waals surface area contributed by atoms with E-state index in [1.165, 1.54) is 4.68 Å². The van der Waals surface area contributed by atoms with E-state index in [1.807, 2.05) is 56.3 Å². The molecule has 0 unspecified atom stereocenters. The minimum absolute atomic E-state index is 0.323. The van der Waals surface area contributed by atoms with Crippen LogP contribution in [0.15, 0.2) is 54.6 Å². The molecule has 2 aromatic carbocycles. The largest absolute Gasteiger partial charge is 0.367 e. The van der Waals surface area contributed by atoms with Gasteiger partial charge in [-0.1, -0.05) is 47.7 Å². The van der Waals surface area contributed by atoms with Gasteiger partial charge in [-0.05, 0) is 31.5 Å². The lowest BCUT2D eigenvalue weighted by Crippen LogP contribution is -2.42. The predicted octanol–water partition coefficient (Wildman–Crippen LogP) is 2.53. The summed E-state index contributed by atoms with van der Waals surface area (Å²) in [5.41, 5.74) is 2.24. The van der Waals surface area contributed by atoms with E-state index in [1.54, 1.807) is 12.1 Å². The van der Waals surface area contributed by atoms with Crippen molar-refractivity contribution in [1.82, 2.24) is 15.0 Å². The van der Waals surface area contributed by atoms with E-state index in [9.17, 15) is 4.79 Å². The zero-order valence-electron chi connectivity index (χ0n) is 16.1. The molecule has 0 amide bonds. The third-order valence-electron chi connectivity index (χ3n) is 5.08. The molecule has 0 saturated carbocycles. The van der Waals surface area contributed by atoms with E-state index in [0.717, 1.165) is 5.56 Å².